The summed E-state index contributed by atoms with van der Waals surface area (Å²) in [4.78, 5) is 11.0. The molecule has 24 heavy (non-hydrogen) atoms. The Hall–Kier alpha value is -0.370. The van der Waals surface area contributed by atoms with E-state index in [1.807, 2.05) is 7.11 Å². The van der Waals surface area contributed by atoms with Gasteiger partial charge >= 0.3 is 0 Å². The third-order valence-corrected chi connectivity index (χ3v) is 6.04. The van der Waals surface area contributed by atoms with Crippen molar-refractivity contribution < 1.29 is 9.53 Å². The molecule has 0 amide bonds. The van der Waals surface area contributed by atoms with Crippen LogP contribution in [0.4, 0.5) is 0 Å². The second kappa shape index (κ2) is 9.36. The SMILES string of the molecule is CC(C)CC(C)(C=O)C(C)(C)C.COC1CCC(C(C)(C)C)CC1. The molecule has 1 unspecified atom stereocenters. The van der Waals surface area contributed by atoms with Gasteiger partial charge in [0.1, 0.15) is 6.29 Å². The van der Waals surface area contributed by atoms with Gasteiger partial charge in [-0.1, -0.05) is 62.3 Å². The Bertz CT molecular complexity index is 351. The van der Waals surface area contributed by atoms with E-state index < -0.39 is 0 Å². The molecule has 0 bridgehead atoms. The predicted octanol–water partition coefficient (Wildman–Crippen LogP) is 6.52. The number of aldehydes is 1. The van der Waals surface area contributed by atoms with Crippen LogP contribution in [0, 0.1) is 28.1 Å². The molecule has 1 fully saturated rings. The van der Waals surface area contributed by atoms with Crippen LogP contribution in [0.5, 0.6) is 0 Å². The maximum absolute atomic E-state index is 11.0. The summed E-state index contributed by atoms with van der Waals surface area (Å²) in [6.07, 6.45) is 7.86. The third-order valence-electron chi connectivity index (χ3n) is 6.04. The van der Waals surface area contributed by atoms with E-state index in [-0.39, 0.29) is 10.8 Å². The fraction of sp³-hybridized carbons (Fsp3) is 0.955. The maximum Gasteiger partial charge on any atom is 0.126 e. The van der Waals surface area contributed by atoms with E-state index in [0.717, 1.165) is 18.6 Å². The van der Waals surface area contributed by atoms with Crippen molar-refractivity contribution in [2.75, 3.05) is 7.11 Å². The summed E-state index contributed by atoms with van der Waals surface area (Å²) in [7, 11) is 1.84. The van der Waals surface area contributed by atoms with Gasteiger partial charge in [-0.15, -0.1) is 0 Å². The Morgan fingerprint density at radius 2 is 1.42 bits per heavy atom. The normalized spacial score (nSPS) is 24.8. The minimum atomic E-state index is -0.179. The van der Waals surface area contributed by atoms with Gasteiger partial charge in [0.05, 0.1) is 6.10 Å². The molecule has 0 radical (unpaired) electrons. The molecule has 0 aromatic rings. The molecule has 0 saturated heterocycles. The second-order valence-corrected chi connectivity index (χ2v) is 10.5. The van der Waals surface area contributed by atoms with Crippen LogP contribution in [0.1, 0.15) is 94.4 Å². The van der Waals surface area contributed by atoms with Gasteiger partial charge in [0, 0.05) is 12.5 Å². The van der Waals surface area contributed by atoms with E-state index in [1.165, 1.54) is 25.7 Å². The summed E-state index contributed by atoms with van der Waals surface area (Å²) in [5, 5.41) is 0. The van der Waals surface area contributed by atoms with Gasteiger partial charge in [-0.3, -0.25) is 0 Å². The highest BCUT2D eigenvalue weighted by Crippen LogP contribution is 2.41. The lowest BCUT2D eigenvalue weighted by atomic mass is 9.65. The number of carbonyl (C=O) groups is 1. The second-order valence-electron chi connectivity index (χ2n) is 10.5. The molecule has 1 atom stereocenters. The lowest BCUT2D eigenvalue weighted by Gasteiger charge is -2.38. The molecule has 1 saturated carbocycles. The average molecular weight is 341 g/mol. The van der Waals surface area contributed by atoms with Gasteiger partial charge in [0.2, 0.25) is 0 Å². The highest BCUT2D eigenvalue weighted by Gasteiger charge is 2.37. The Labute approximate surface area is 152 Å². The number of hydrogen-bond donors (Lipinski definition) is 0. The predicted molar refractivity (Wildman–Crippen MR) is 105 cm³/mol. The van der Waals surface area contributed by atoms with Gasteiger partial charge in [-0.25, -0.2) is 0 Å². The molecule has 0 heterocycles. The minimum absolute atomic E-state index is 0.0685. The molecule has 0 N–H and O–H groups in total. The highest BCUT2D eigenvalue weighted by atomic mass is 16.5. The molecule has 0 aromatic heterocycles. The number of hydrogen-bond acceptors (Lipinski definition) is 2. The lowest BCUT2D eigenvalue weighted by molar-refractivity contribution is -0.121. The minimum Gasteiger partial charge on any atom is -0.381 e. The smallest absolute Gasteiger partial charge is 0.126 e. The Balaban J connectivity index is 0.000000441. The molecule has 1 aliphatic carbocycles. The number of rotatable bonds is 4. The third kappa shape index (κ3) is 7.68. The summed E-state index contributed by atoms with van der Waals surface area (Å²) in [5.41, 5.74) is 0.388. The highest BCUT2D eigenvalue weighted by molar-refractivity contribution is 5.60. The standard InChI is InChI=1S/2C11H22O/c1-11(2,3)9-5-7-10(12-4)8-6-9;1-9(2)7-11(6,8-12)10(3,4)5/h9-10H,5-8H2,1-4H3;8-9H,7H2,1-6H3. The van der Waals surface area contributed by atoms with E-state index >= 15 is 0 Å². The van der Waals surface area contributed by atoms with Crippen LogP contribution in [0.25, 0.3) is 0 Å². The molecule has 144 valence electrons. The monoisotopic (exact) mass is 340 g/mol. The largest absolute Gasteiger partial charge is 0.381 e. The van der Waals surface area contributed by atoms with Crippen LogP contribution < -0.4 is 0 Å². The number of carbonyl (C=O) groups excluding carboxylic acids is 1. The van der Waals surface area contributed by atoms with Gasteiger partial charge in [-0.2, -0.15) is 0 Å². The first-order valence-electron chi connectivity index (χ1n) is 9.76. The van der Waals surface area contributed by atoms with Crippen LogP contribution in [0.3, 0.4) is 0 Å². The molecular formula is C22H44O2. The molecule has 0 aliphatic heterocycles. The molecule has 0 spiro atoms. The van der Waals surface area contributed by atoms with E-state index in [2.05, 4.69) is 62.3 Å². The van der Waals surface area contributed by atoms with Crippen LogP contribution in [-0.4, -0.2) is 19.5 Å². The van der Waals surface area contributed by atoms with Gasteiger partial charge in [0.15, 0.2) is 0 Å². The molecule has 2 heteroatoms. The quantitative estimate of drug-likeness (QED) is 0.544. The first-order valence-corrected chi connectivity index (χ1v) is 9.76. The summed E-state index contributed by atoms with van der Waals surface area (Å²) in [6.45, 7) is 19.8. The van der Waals surface area contributed by atoms with E-state index in [0.29, 0.717) is 17.4 Å². The molecule has 0 aromatic carbocycles. The molecule has 1 rings (SSSR count). The average Bonchev–Trinajstić information content (AvgIpc) is 2.45. The molecule has 2 nitrogen and oxygen atoms in total. The fourth-order valence-electron chi connectivity index (χ4n) is 3.54. The van der Waals surface area contributed by atoms with Crippen molar-refractivity contribution >= 4 is 6.29 Å². The number of ether oxygens (including phenoxy) is 1. The van der Waals surface area contributed by atoms with E-state index in [9.17, 15) is 4.79 Å². The van der Waals surface area contributed by atoms with Crippen molar-refractivity contribution in [3.63, 3.8) is 0 Å². The van der Waals surface area contributed by atoms with Crippen molar-refractivity contribution in [2.45, 2.75) is 101 Å². The molecule has 1 aliphatic rings. The van der Waals surface area contributed by atoms with Crippen LogP contribution >= 0.6 is 0 Å². The zero-order valence-electron chi connectivity index (χ0n) is 18.2. The first kappa shape index (κ1) is 23.6. The van der Waals surface area contributed by atoms with E-state index in [4.69, 9.17) is 4.74 Å². The molecular weight excluding hydrogens is 296 g/mol. The topological polar surface area (TPSA) is 26.3 Å². The van der Waals surface area contributed by atoms with Crippen molar-refractivity contribution in [1.82, 2.24) is 0 Å². The zero-order valence-corrected chi connectivity index (χ0v) is 18.2. The van der Waals surface area contributed by atoms with Crippen molar-refractivity contribution in [2.24, 2.45) is 28.1 Å². The van der Waals surface area contributed by atoms with Crippen molar-refractivity contribution in [3.05, 3.63) is 0 Å². The van der Waals surface area contributed by atoms with Crippen LogP contribution in [-0.2, 0) is 9.53 Å². The summed E-state index contributed by atoms with van der Waals surface area (Å²) < 4.78 is 5.35. The van der Waals surface area contributed by atoms with Gasteiger partial charge < -0.3 is 9.53 Å². The Kier molecular flexibility index (Phi) is 9.22. The zero-order chi connectivity index (χ0) is 19.2. The summed E-state index contributed by atoms with van der Waals surface area (Å²) in [5.74, 6) is 1.49. The summed E-state index contributed by atoms with van der Waals surface area (Å²) >= 11 is 0. The van der Waals surface area contributed by atoms with Crippen LogP contribution in [0.2, 0.25) is 0 Å². The Morgan fingerprint density at radius 3 is 1.62 bits per heavy atom. The van der Waals surface area contributed by atoms with Crippen molar-refractivity contribution in [3.8, 4) is 0 Å². The lowest BCUT2D eigenvalue weighted by Crippen LogP contribution is -2.35. The van der Waals surface area contributed by atoms with Crippen LogP contribution in [0.15, 0.2) is 0 Å². The maximum atomic E-state index is 11.0. The summed E-state index contributed by atoms with van der Waals surface area (Å²) in [6, 6.07) is 0. The van der Waals surface area contributed by atoms with Crippen molar-refractivity contribution in [1.29, 1.82) is 0 Å². The van der Waals surface area contributed by atoms with Gasteiger partial charge in [0.25, 0.3) is 0 Å². The Morgan fingerprint density at radius 1 is 0.958 bits per heavy atom. The van der Waals surface area contributed by atoms with E-state index in [1.54, 1.807) is 0 Å². The first-order chi connectivity index (χ1) is 10.8. The fourth-order valence-corrected chi connectivity index (χ4v) is 3.54. The van der Waals surface area contributed by atoms with Gasteiger partial charge in [-0.05, 0) is 54.8 Å². The number of methoxy groups -OCH3 is 1.